The lowest BCUT2D eigenvalue weighted by atomic mass is 9.73. The van der Waals surface area contributed by atoms with E-state index in [4.69, 9.17) is 5.26 Å². The van der Waals surface area contributed by atoms with Gasteiger partial charge in [0.2, 0.25) is 0 Å². The molecule has 0 N–H and O–H groups in total. The zero-order valence-corrected chi connectivity index (χ0v) is 9.68. The molecule has 86 valence electrons. The molecule has 4 heteroatoms. The van der Waals surface area contributed by atoms with Crippen LogP contribution in [0.1, 0.15) is 12.5 Å². The van der Waals surface area contributed by atoms with Crippen LogP contribution in [0.25, 0.3) is 0 Å². The number of hydrogen-bond donors (Lipinski definition) is 0. The van der Waals surface area contributed by atoms with Crippen molar-refractivity contribution in [2.45, 2.75) is 12.3 Å². The predicted molar refractivity (Wildman–Crippen MR) is 60.5 cm³/mol. The summed E-state index contributed by atoms with van der Waals surface area (Å²) in [5.41, 5.74) is -0.581. The Kier molecular flexibility index (Phi) is 3.85. The molecule has 0 amide bonds. The highest BCUT2D eigenvalue weighted by Crippen LogP contribution is 2.32. The van der Waals surface area contributed by atoms with Crippen molar-refractivity contribution >= 4 is 5.97 Å². The van der Waals surface area contributed by atoms with E-state index in [0.29, 0.717) is 5.56 Å². The van der Waals surface area contributed by atoms with Gasteiger partial charge in [-0.2, -0.15) is 10.5 Å². The Labute approximate surface area is 100 Å². The van der Waals surface area contributed by atoms with Gasteiger partial charge in [-0.05, 0) is 12.5 Å². The van der Waals surface area contributed by atoms with Crippen molar-refractivity contribution in [1.29, 1.82) is 10.5 Å². The minimum Gasteiger partial charge on any atom is -0.468 e. The molecule has 2 atom stereocenters. The predicted octanol–water partition coefficient (Wildman–Crippen LogP) is 1.78. The number of nitrogens with zero attached hydrogens (tertiary/aromatic N) is 2. The first-order chi connectivity index (χ1) is 8.10. The summed E-state index contributed by atoms with van der Waals surface area (Å²) in [5.74, 6) is -1.83. The summed E-state index contributed by atoms with van der Waals surface area (Å²) in [5, 5.41) is 18.3. The summed E-state index contributed by atoms with van der Waals surface area (Å²) in [7, 11) is 1.20. The van der Waals surface area contributed by atoms with Crippen molar-refractivity contribution in [2.24, 2.45) is 5.92 Å². The van der Waals surface area contributed by atoms with Crippen molar-refractivity contribution in [3.05, 3.63) is 35.9 Å². The molecule has 0 spiro atoms. The van der Waals surface area contributed by atoms with E-state index in [1.165, 1.54) is 7.11 Å². The maximum absolute atomic E-state index is 11.5. The number of benzene rings is 1. The lowest BCUT2D eigenvalue weighted by Gasteiger charge is -2.25. The Morgan fingerprint density at radius 2 is 1.94 bits per heavy atom. The molecular weight excluding hydrogens is 216 g/mol. The largest absolute Gasteiger partial charge is 0.468 e. The molecule has 0 fully saturated rings. The average molecular weight is 228 g/mol. The quantitative estimate of drug-likeness (QED) is 0.739. The monoisotopic (exact) mass is 228 g/mol. The maximum atomic E-state index is 11.5. The fourth-order valence-electron chi connectivity index (χ4n) is 1.62. The molecule has 0 radical (unpaired) electrons. The molecule has 1 rings (SSSR count). The first-order valence-corrected chi connectivity index (χ1v) is 5.04. The highest BCUT2D eigenvalue weighted by Gasteiger charge is 2.42. The number of nitriles is 2. The second-order valence-corrected chi connectivity index (χ2v) is 3.77. The van der Waals surface area contributed by atoms with E-state index < -0.39 is 17.3 Å². The van der Waals surface area contributed by atoms with Crippen LogP contribution in [0.2, 0.25) is 0 Å². The highest BCUT2D eigenvalue weighted by molar-refractivity contribution is 5.78. The van der Waals surface area contributed by atoms with Crippen LogP contribution in [-0.4, -0.2) is 13.1 Å². The van der Waals surface area contributed by atoms with Gasteiger partial charge < -0.3 is 4.74 Å². The SMILES string of the molecule is COC(=O)C(C#N)C(C)(C#N)c1ccccc1. The third kappa shape index (κ3) is 2.26. The van der Waals surface area contributed by atoms with E-state index >= 15 is 0 Å². The van der Waals surface area contributed by atoms with Crippen LogP contribution in [0, 0.1) is 28.6 Å². The van der Waals surface area contributed by atoms with E-state index in [0.717, 1.165) is 0 Å². The Bertz CT molecular complexity index is 484. The van der Waals surface area contributed by atoms with Crippen LogP contribution in [0.3, 0.4) is 0 Å². The normalized spacial score (nSPS) is 14.8. The molecule has 0 saturated carbocycles. The van der Waals surface area contributed by atoms with Crippen LogP contribution in [0.15, 0.2) is 30.3 Å². The molecule has 0 saturated heterocycles. The molecule has 0 aliphatic carbocycles. The zero-order valence-electron chi connectivity index (χ0n) is 9.68. The topological polar surface area (TPSA) is 73.9 Å². The number of esters is 1. The van der Waals surface area contributed by atoms with Crippen molar-refractivity contribution in [1.82, 2.24) is 0 Å². The number of rotatable bonds is 3. The maximum Gasteiger partial charge on any atom is 0.325 e. The molecule has 17 heavy (non-hydrogen) atoms. The smallest absolute Gasteiger partial charge is 0.325 e. The molecule has 0 aromatic heterocycles. The third-order valence-corrected chi connectivity index (χ3v) is 2.75. The van der Waals surface area contributed by atoms with Crippen LogP contribution >= 0.6 is 0 Å². The van der Waals surface area contributed by atoms with Crippen molar-refractivity contribution in [2.75, 3.05) is 7.11 Å². The first-order valence-electron chi connectivity index (χ1n) is 5.04. The summed E-state index contributed by atoms with van der Waals surface area (Å²) < 4.78 is 4.56. The highest BCUT2D eigenvalue weighted by atomic mass is 16.5. The van der Waals surface area contributed by atoms with E-state index in [1.54, 1.807) is 37.3 Å². The van der Waals surface area contributed by atoms with Gasteiger partial charge in [0.05, 0.1) is 19.2 Å². The van der Waals surface area contributed by atoms with Crippen LogP contribution in [-0.2, 0) is 14.9 Å². The van der Waals surface area contributed by atoms with Gasteiger partial charge in [-0.1, -0.05) is 30.3 Å². The Hall–Kier alpha value is -2.33. The van der Waals surface area contributed by atoms with E-state index in [2.05, 4.69) is 4.74 Å². The third-order valence-electron chi connectivity index (χ3n) is 2.75. The molecule has 2 unspecified atom stereocenters. The van der Waals surface area contributed by atoms with Gasteiger partial charge in [-0.3, -0.25) is 4.79 Å². The average Bonchev–Trinajstić information content (AvgIpc) is 2.39. The van der Waals surface area contributed by atoms with Gasteiger partial charge in [-0.15, -0.1) is 0 Å². The van der Waals surface area contributed by atoms with Gasteiger partial charge in [0.15, 0.2) is 5.92 Å². The number of carbonyl (C=O) groups is 1. The van der Waals surface area contributed by atoms with Crippen molar-refractivity contribution in [3.8, 4) is 12.1 Å². The fraction of sp³-hybridized carbons (Fsp3) is 0.308. The second-order valence-electron chi connectivity index (χ2n) is 3.77. The molecule has 0 heterocycles. The van der Waals surface area contributed by atoms with E-state index in [1.807, 2.05) is 12.1 Å². The van der Waals surface area contributed by atoms with Crippen LogP contribution in [0.5, 0.6) is 0 Å². The Balaban J connectivity index is 3.27. The van der Waals surface area contributed by atoms with E-state index in [-0.39, 0.29) is 0 Å². The number of hydrogen-bond acceptors (Lipinski definition) is 4. The van der Waals surface area contributed by atoms with Gasteiger partial charge in [0, 0.05) is 0 Å². The van der Waals surface area contributed by atoms with Gasteiger partial charge >= 0.3 is 5.97 Å². The molecule has 0 aliphatic heterocycles. The summed E-state index contributed by atoms with van der Waals surface area (Å²) in [6, 6.07) is 12.6. The number of methoxy groups -OCH3 is 1. The summed E-state index contributed by atoms with van der Waals surface area (Å²) in [6.45, 7) is 1.56. The molecule has 0 bridgehead atoms. The van der Waals surface area contributed by atoms with Crippen molar-refractivity contribution in [3.63, 3.8) is 0 Å². The van der Waals surface area contributed by atoms with Gasteiger partial charge in [0.25, 0.3) is 0 Å². The number of ether oxygens (including phenoxy) is 1. The Morgan fingerprint density at radius 1 is 1.35 bits per heavy atom. The fourth-order valence-corrected chi connectivity index (χ4v) is 1.62. The van der Waals surface area contributed by atoms with E-state index in [9.17, 15) is 10.1 Å². The minimum absolute atomic E-state index is 0.624. The van der Waals surface area contributed by atoms with Crippen LogP contribution in [0.4, 0.5) is 0 Å². The first kappa shape index (κ1) is 12.7. The molecule has 4 nitrogen and oxygen atoms in total. The van der Waals surface area contributed by atoms with Crippen molar-refractivity contribution < 1.29 is 9.53 Å². The summed E-state index contributed by atoms with van der Waals surface area (Å²) in [4.78, 5) is 11.5. The molecular formula is C13H12N2O2. The Morgan fingerprint density at radius 3 is 2.35 bits per heavy atom. The second kappa shape index (κ2) is 5.14. The number of carbonyl (C=O) groups excluding carboxylic acids is 1. The minimum atomic E-state index is -1.21. The van der Waals surface area contributed by atoms with Gasteiger partial charge in [0.1, 0.15) is 5.41 Å². The zero-order chi connectivity index (χ0) is 12.9. The lowest BCUT2D eigenvalue weighted by molar-refractivity contribution is -0.144. The van der Waals surface area contributed by atoms with Crippen LogP contribution < -0.4 is 0 Å². The lowest BCUT2D eigenvalue weighted by Crippen LogP contribution is -2.36. The van der Waals surface area contributed by atoms with Gasteiger partial charge in [-0.25, -0.2) is 0 Å². The molecule has 1 aromatic carbocycles. The standard InChI is InChI=1S/C13H12N2O2/c1-13(9-15,10-6-4-3-5-7-10)11(8-14)12(16)17-2/h3-7,11H,1-2H3. The molecule has 1 aromatic rings. The molecule has 0 aliphatic rings. The summed E-state index contributed by atoms with van der Waals surface area (Å²) >= 11 is 0. The summed E-state index contributed by atoms with van der Waals surface area (Å²) in [6.07, 6.45) is 0.